The molecule has 1 aromatic carbocycles. The van der Waals surface area contributed by atoms with Gasteiger partial charge in [0.2, 0.25) is 5.91 Å². The topological polar surface area (TPSA) is 67.3 Å². The Hall–Kier alpha value is -1.12. The fraction of sp³-hybridized carbons (Fsp3) is 0.636. The van der Waals surface area contributed by atoms with Crippen LogP contribution in [0.4, 0.5) is 0 Å². The van der Waals surface area contributed by atoms with Gasteiger partial charge in [-0.15, -0.1) is 11.3 Å². The second kappa shape index (κ2) is 12.7. The number of nitrogens with zero attached hydrogens (tertiary/aromatic N) is 2. The molecule has 0 bridgehead atoms. The van der Waals surface area contributed by atoms with Gasteiger partial charge in [0.1, 0.15) is 0 Å². The molecule has 0 aliphatic heterocycles. The van der Waals surface area contributed by atoms with E-state index in [1.165, 1.54) is 80.9 Å². The second-order valence-corrected chi connectivity index (χ2v) is 12.1. The molecule has 0 aliphatic rings. The Kier molecular flexibility index (Phi) is 10.6. The molecule has 1 aromatic heterocycles. The summed E-state index contributed by atoms with van der Waals surface area (Å²) in [4.78, 5) is 16.9. The zero-order valence-electron chi connectivity index (χ0n) is 18.4. The van der Waals surface area contributed by atoms with Crippen molar-refractivity contribution in [2.75, 3.05) is 12.8 Å². The van der Waals surface area contributed by atoms with Gasteiger partial charge in [0.15, 0.2) is 14.2 Å². The predicted molar refractivity (Wildman–Crippen MR) is 128 cm³/mol. The maximum Gasteiger partial charge on any atom is 0.229 e. The van der Waals surface area contributed by atoms with Crippen molar-refractivity contribution in [1.82, 2.24) is 9.29 Å². The third-order valence-electron chi connectivity index (χ3n) is 5.02. The molecule has 0 unspecified atom stereocenters. The fourth-order valence-corrected chi connectivity index (χ4v) is 6.08. The Balaban J connectivity index is 1.78. The minimum Gasteiger partial charge on any atom is -0.281 e. The molecular weight excluding hydrogens is 436 g/mol. The van der Waals surface area contributed by atoms with E-state index in [1.807, 2.05) is 0 Å². The highest BCUT2D eigenvalue weighted by Crippen LogP contribution is 2.33. The van der Waals surface area contributed by atoms with Crippen LogP contribution in [-0.4, -0.2) is 36.4 Å². The van der Waals surface area contributed by atoms with Crippen LogP contribution in [0.3, 0.4) is 0 Å². The maximum absolute atomic E-state index is 12.0. The van der Waals surface area contributed by atoms with Gasteiger partial charge in [-0.2, -0.15) is 0 Å². The van der Waals surface area contributed by atoms with Crippen molar-refractivity contribution in [3.05, 3.63) is 18.2 Å². The molecule has 2 rings (SSSR count). The van der Waals surface area contributed by atoms with E-state index in [0.29, 0.717) is 11.4 Å². The highest BCUT2D eigenvalue weighted by molar-refractivity contribution is 7.99. The minimum absolute atomic E-state index is 0.0204. The Labute approximate surface area is 189 Å². The molecule has 8 heteroatoms. The molecule has 0 spiro atoms. The first-order chi connectivity index (χ1) is 14.3. The van der Waals surface area contributed by atoms with Gasteiger partial charge in [-0.25, -0.2) is 13.4 Å². The van der Waals surface area contributed by atoms with Crippen molar-refractivity contribution >= 4 is 49.2 Å². The molecule has 168 valence electrons. The summed E-state index contributed by atoms with van der Waals surface area (Å²) < 4.78 is 26.8. The Morgan fingerprint density at radius 3 is 2.20 bits per heavy atom. The van der Waals surface area contributed by atoms with Gasteiger partial charge in [0.25, 0.3) is 0 Å². The monoisotopic (exact) mass is 470 g/mol. The minimum atomic E-state index is -3.24. The summed E-state index contributed by atoms with van der Waals surface area (Å²) in [7, 11) is -3.24. The van der Waals surface area contributed by atoms with Crippen molar-refractivity contribution in [2.24, 2.45) is 0 Å². The van der Waals surface area contributed by atoms with Gasteiger partial charge in [0.05, 0.1) is 15.1 Å². The molecule has 0 fully saturated rings. The summed E-state index contributed by atoms with van der Waals surface area (Å²) in [5.41, 5.74) is 0.761. The van der Waals surface area contributed by atoms with Crippen molar-refractivity contribution in [2.45, 2.75) is 87.3 Å². The maximum atomic E-state index is 12.0. The number of aromatic nitrogens is 1. The lowest BCUT2D eigenvalue weighted by Crippen LogP contribution is -2.22. The van der Waals surface area contributed by atoms with Crippen LogP contribution in [-0.2, 0) is 14.6 Å². The Morgan fingerprint density at radius 1 is 1.03 bits per heavy atom. The van der Waals surface area contributed by atoms with E-state index in [2.05, 4.69) is 11.9 Å². The number of hydrogen-bond donors (Lipinski definition) is 0. The average molecular weight is 471 g/mol. The molecular formula is C22H34N2O3S3. The van der Waals surface area contributed by atoms with Gasteiger partial charge in [-0.05, 0) is 24.6 Å². The number of fused-ring (bicyclic) bond motifs is 1. The van der Waals surface area contributed by atoms with E-state index < -0.39 is 9.84 Å². The molecule has 0 saturated heterocycles. The first-order valence-corrected chi connectivity index (χ1v) is 14.4. The van der Waals surface area contributed by atoms with Crippen molar-refractivity contribution < 1.29 is 13.2 Å². The van der Waals surface area contributed by atoms with Crippen LogP contribution < -0.4 is 0 Å². The first-order valence-electron chi connectivity index (χ1n) is 10.9. The number of carbonyl (C=O) groups is 1. The lowest BCUT2D eigenvalue weighted by molar-refractivity contribution is -0.123. The number of benzene rings is 1. The summed E-state index contributed by atoms with van der Waals surface area (Å²) in [6.45, 7) is 4.54. The summed E-state index contributed by atoms with van der Waals surface area (Å²) in [5, 5.41) is 0. The molecule has 30 heavy (non-hydrogen) atoms. The van der Waals surface area contributed by atoms with E-state index >= 15 is 0 Å². The number of rotatable bonds is 14. The van der Waals surface area contributed by atoms with Crippen LogP contribution >= 0.6 is 23.3 Å². The number of thiazole rings is 1. The van der Waals surface area contributed by atoms with E-state index in [-0.39, 0.29) is 5.91 Å². The van der Waals surface area contributed by atoms with Crippen LogP contribution in [0.25, 0.3) is 10.2 Å². The van der Waals surface area contributed by atoms with Crippen LogP contribution in [0, 0.1) is 0 Å². The Bertz CT molecular complexity index is 909. The number of hydrogen-bond acceptors (Lipinski definition) is 6. The van der Waals surface area contributed by atoms with E-state index in [9.17, 15) is 13.2 Å². The lowest BCUT2D eigenvalue weighted by Gasteiger charge is -2.17. The molecule has 0 aliphatic carbocycles. The quantitative estimate of drug-likeness (QED) is 0.234. The van der Waals surface area contributed by atoms with Crippen LogP contribution in [0.15, 0.2) is 27.4 Å². The normalized spacial score (nSPS) is 11.8. The summed E-state index contributed by atoms with van der Waals surface area (Å²) in [6.07, 6.45) is 13.9. The smallest absolute Gasteiger partial charge is 0.229 e. The van der Waals surface area contributed by atoms with Crippen LogP contribution in [0.2, 0.25) is 0 Å². The average Bonchev–Trinajstić information content (AvgIpc) is 3.09. The third-order valence-corrected chi connectivity index (χ3v) is 8.33. The van der Waals surface area contributed by atoms with Crippen molar-refractivity contribution in [3.8, 4) is 0 Å². The van der Waals surface area contributed by atoms with Crippen LogP contribution in [0.1, 0.15) is 78.1 Å². The molecule has 5 nitrogen and oxygen atoms in total. The highest BCUT2D eigenvalue weighted by atomic mass is 32.2. The molecule has 2 aromatic rings. The highest BCUT2D eigenvalue weighted by Gasteiger charge is 2.15. The van der Waals surface area contributed by atoms with Gasteiger partial charge >= 0.3 is 0 Å². The van der Waals surface area contributed by atoms with Gasteiger partial charge in [-0.1, -0.05) is 64.7 Å². The second-order valence-electron chi connectivity index (χ2n) is 7.78. The standard InChI is InChI=1S/C22H34N2O3S3/c1-4-5-6-7-8-9-10-11-12-13-16-24(18(2)25)29-22-23-20-15-14-19(30(3,26)27)17-21(20)28-22/h14-15,17H,4-13,16H2,1-3H3. The summed E-state index contributed by atoms with van der Waals surface area (Å²) >= 11 is 2.78. The zero-order valence-corrected chi connectivity index (χ0v) is 20.8. The third kappa shape index (κ3) is 8.55. The largest absolute Gasteiger partial charge is 0.281 e. The predicted octanol–water partition coefficient (Wildman–Crippen LogP) is 6.48. The van der Waals surface area contributed by atoms with Gasteiger partial charge in [-0.3, -0.25) is 9.10 Å². The van der Waals surface area contributed by atoms with E-state index in [0.717, 1.165) is 27.4 Å². The molecule has 0 saturated carbocycles. The summed E-state index contributed by atoms with van der Waals surface area (Å²) in [5.74, 6) is 0.0204. The molecule has 0 N–H and O–H groups in total. The SMILES string of the molecule is CCCCCCCCCCCCN(Sc1nc2ccc(S(C)(=O)=O)cc2s1)C(C)=O. The van der Waals surface area contributed by atoms with Crippen LogP contribution in [0.5, 0.6) is 0 Å². The zero-order chi connectivity index (χ0) is 22.0. The molecule has 0 atom stereocenters. The lowest BCUT2D eigenvalue weighted by atomic mass is 10.1. The number of unbranched alkanes of at least 4 members (excludes halogenated alkanes) is 9. The molecule has 0 radical (unpaired) electrons. The Morgan fingerprint density at radius 2 is 1.63 bits per heavy atom. The van der Waals surface area contributed by atoms with E-state index in [4.69, 9.17) is 0 Å². The van der Waals surface area contributed by atoms with Crippen molar-refractivity contribution in [1.29, 1.82) is 0 Å². The molecule has 1 amide bonds. The van der Waals surface area contributed by atoms with Crippen molar-refractivity contribution in [3.63, 3.8) is 0 Å². The fourth-order valence-electron chi connectivity index (χ4n) is 3.26. The summed E-state index contributed by atoms with van der Waals surface area (Å²) in [6, 6.07) is 4.97. The van der Waals surface area contributed by atoms with Gasteiger partial charge < -0.3 is 0 Å². The number of carbonyl (C=O) groups excluding carboxylic acids is 1. The number of sulfone groups is 1. The van der Waals surface area contributed by atoms with E-state index in [1.54, 1.807) is 29.4 Å². The first kappa shape index (κ1) is 25.1. The van der Waals surface area contributed by atoms with Gasteiger partial charge in [0, 0.05) is 31.7 Å². The molecule has 1 heterocycles. The number of amides is 1.